The summed E-state index contributed by atoms with van der Waals surface area (Å²) in [6, 6.07) is 5.91. The van der Waals surface area contributed by atoms with Gasteiger partial charge in [-0.25, -0.2) is 4.98 Å². The first-order chi connectivity index (χ1) is 7.22. The van der Waals surface area contributed by atoms with Crippen LogP contribution in [-0.4, -0.2) is 9.55 Å². The highest BCUT2D eigenvalue weighted by atomic mass is 127. The van der Waals surface area contributed by atoms with E-state index in [0.29, 0.717) is 5.95 Å². The second-order valence-corrected chi connectivity index (χ2v) is 4.72. The molecule has 0 saturated carbocycles. The van der Waals surface area contributed by atoms with Gasteiger partial charge in [0.25, 0.3) is 0 Å². The molecule has 0 aliphatic heterocycles. The maximum absolute atomic E-state index is 5.71. The Morgan fingerprint density at radius 3 is 3.07 bits per heavy atom. The van der Waals surface area contributed by atoms with Crippen molar-refractivity contribution >= 4 is 47.1 Å². The van der Waals surface area contributed by atoms with Gasteiger partial charge in [-0.2, -0.15) is 0 Å². The first-order valence-electron chi connectivity index (χ1n) is 4.23. The van der Waals surface area contributed by atoms with Gasteiger partial charge in [-0.3, -0.25) is 0 Å². The third-order valence-corrected chi connectivity index (χ3v) is 2.99. The third-order valence-electron chi connectivity index (χ3n) is 2.15. The molecular weight excluding hydrogens is 321 g/mol. The Bertz CT molecular complexity index is 565. The van der Waals surface area contributed by atoms with Crippen molar-refractivity contribution in [3.8, 4) is 11.2 Å². The van der Waals surface area contributed by atoms with Crippen LogP contribution in [0.5, 0.6) is 0 Å². The van der Waals surface area contributed by atoms with Crippen molar-refractivity contribution in [3.05, 3.63) is 23.8 Å². The summed E-state index contributed by atoms with van der Waals surface area (Å²) in [5.41, 5.74) is 8.59. The molecule has 0 unspecified atom stereocenters. The van der Waals surface area contributed by atoms with Crippen LogP contribution in [0.2, 0.25) is 0 Å². The molecule has 5 heteroatoms. The van der Waals surface area contributed by atoms with Crippen LogP contribution in [0.25, 0.3) is 11.0 Å². The Balaban J connectivity index is 2.57. The van der Waals surface area contributed by atoms with E-state index in [0.717, 1.165) is 16.6 Å². The van der Waals surface area contributed by atoms with Crippen molar-refractivity contribution in [1.29, 1.82) is 0 Å². The van der Waals surface area contributed by atoms with Crippen LogP contribution in [0.4, 0.5) is 5.95 Å². The number of rotatable bonds is 0. The van der Waals surface area contributed by atoms with Gasteiger partial charge in [-0.05, 0) is 32.4 Å². The number of hydrogen-bond acceptors (Lipinski definition) is 3. The summed E-state index contributed by atoms with van der Waals surface area (Å²) in [6.07, 6.45) is 0. The number of nitrogens with two attached hydrogens (primary N) is 1. The molecule has 15 heavy (non-hydrogen) atoms. The molecule has 1 heterocycles. The van der Waals surface area contributed by atoms with E-state index in [1.807, 2.05) is 29.8 Å². The molecule has 2 N–H and O–H groups in total. The second kappa shape index (κ2) is 4.33. The molecule has 1 aromatic carbocycles. The van der Waals surface area contributed by atoms with Crippen LogP contribution in [0.3, 0.4) is 0 Å². The van der Waals surface area contributed by atoms with Crippen molar-refractivity contribution < 1.29 is 0 Å². The van der Waals surface area contributed by atoms with Crippen molar-refractivity contribution in [2.75, 3.05) is 5.73 Å². The fourth-order valence-electron chi connectivity index (χ4n) is 1.37. The summed E-state index contributed by atoms with van der Waals surface area (Å²) in [6.45, 7) is 0. The third kappa shape index (κ3) is 2.06. The molecular formula is C10H8IN3S. The molecule has 0 fully saturated rings. The molecule has 2 rings (SSSR count). The zero-order valence-corrected chi connectivity index (χ0v) is 11.0. The van der Waals surface area contributed by atoms with Crippen LogP contribution in [0.1, 0.15) is 5.56 Å². The minimum absolute atomic E-state index is 0.526. The first-order valence-corrected chi connectivity index (χ1v) is 7.59. The Labute approximate surface area is 104 Å². The molecule has 1 aromatic heterocycles. The molecule has 0 atom stereocenters. The Kier molecular flexibility index (Phi) is 3.07. The minimum Gasteiger partial charge on any atom is -0.369 e. The zero-order chi connectivity index (χ0) is 10.8. The lowest BCUT2D eigenvalue weighted by Gasteiger charge is -1.95. The van der Waals surface area contributed by atoms with Gasteiger partial charge in [0.15, 0.2) is 0 Å². The largest absolute Gasteiger partial charge is 0.369 e. The number of aryl methyl sites for hydroxylation is 1. The monoisotopic (exact) mass is 329 g/mol. The Hall–Kier alpha value is -0.870. The molecule has 0 saturated heterocycles. The van der Waals surface area contributed by atoms with Gasteiger partial charge in [0, 0.05) is 33.8 Å². The Morgan fingerprint density at radius 1 is 1.53 bits per heavy atom. The summed E-state index contributed by atoms with van der Waals surface area (Å²) < 4.78 is 1.86. The maximum atomic E-state index is 5.71. The molecule has 0 radical (unpaired) electrons. The van der Waals surface area contributed by atoms with E-state index in [4.69, 9.17) is 5.73 Å². The average molecular weight is 329 g/mol. The highest BCUT2D eigenvalue weighted by Crippen LogP contribution is 2.17. The molecule has 3 nitrogen and oxygen atoms in total. The molecule has 0 amide bonds. The zero-order valence-electron chi connectivity index (χ0n) is 7.99. The standard InChI is InChI=1S/C10H8IN3S/c1-14-9-3-2-7(4-5-15-11)6-8(9)13-10(14)12/h2-3,6H,1H3,(H2,12,13). The number of halogens is 1. The molecule has 0 bridgehead atoms. The topological polar surface area (TPSA) is 43.8 Å². The number of imidazole rings is 1. The molecule has 76 valence electrons. The predicted octanol–water partition coefficient (Wildman–Crippen LogP) is 2.55. The van der Waals surface area contributed by atoms with Gasteiger partial charge in [-0.15, -0.1) is 0 Å². The molecule has 2 aromatic rings. The number of aromatic nitrogens is 2. The molecule has 0 aliphatic carbocycles. The maximum Gasteiger partial charge on any atom is 0.200 e. The van der Waals surface area contributed by atoms with E-state index in [1.165, 1.54) is 8.93 Å². The van der Waals surface area contributed by atoms with E-state index >= 15 is 0 Å². The van der Waals surface area contributed by atoms with Crippen LogP contribution in [0, 0.1) is 11.2 Å². The number of nitrogens with zero attached hydrogens (tertiary/aromatic N) is 2. The predicted molar refractivity (Wildman–Crippen MR) is 73.6 cm³/mol. The molecule has 0 spiro atoms. The smallest absolute Gasteiger partial charge is 0.200 e. The number of anilines is 1. The quantitative estimate of drug-likeness (QED) is 0.597. The normalized spacial score (nSPS) is 10.0. The van der Waals surface area contributed by atoms with Gasteiger partial charge in [-0.1, -0.05) is 5.92 Å². The minimum atomic E-state index is 0.526. The number of benzene rings is 1. The summed E-state index contributed by atoms with van der Waals surface area (Å²) in [4.78, 5) is 4.25. The van der Waals surface area contributed by atoms with Gasteiger partial charge in [0.2, 0.25) is 5.95 Å². The van der Waals surface area contributed by atoms with Crippen molar-refractivity contribution in [2.24, 2.45) is 7.05 Å². The first kappa shape index (κ1) is 10.6. The van der Waals surface area contributed by atoms with E-state index in [-0.39, 0.29) is 0 Å². The lowest BCUT2D eigenvalue weighted by molar-refractivity contribution is 0.965. The van der Waals surface area contributed by atoms with Gasteiger partial charge in [0.05, 0.1) is 11.0 Å². The van der Waals surface area contributed by atoms with Crippen LogP contribution in [0.15, 0.2) is 18.2 Å². The highest BCUT2D eigenvalue weighted by Gasteiger charge is 2.03. The van der Waals surface area contributed by atoms with Crippen LogP contribution in [-0.2, 0) is 7.05 Å². The summed E-state index contributed by atoms with van der Waals surface area (Å²) in [7, 11) is 3.37. The average Bonchev–Trinajstić information content (AvgIpc) is 2.52. The van der Waals surface area contributed by atoms with Crippen molar-refractivity contribution in [1.82, 2.24) is 9.55 Å². The fraction of sp³-hybridized carbons (Fsp3) is 0.100. The molecule has 0 aliphatic rings. The van der Waals surface area contributed by atoms with Crippen molar-refractivity contribution in [2.45, 2.75) is 0 Å². The Morgan fingerprint density at radius 2 is 2.33 bits per heavy atom. The van der Waals surface area contributed by atoms with Crippen LogP contribution < -0.4 is 5.73 Å². The van der Waals surface area contributed by atoms with Crippen molar-refractivity contribution in [3.63, 3.8) is 0 Å². The lowest BCUT2D eigenvalue weighted by atomic mass is 10.2. The van der Waals surface area contributed by atoms with E-state index < -0.39 is 0 Å². The lowest BCUT2D eigenvalue weighted by Crippen LogP contribution is -1.95. The van der Waals surface area contributed by atoms with Gasteiger partial charge < -0.3 is 10.3 Å². The van der Waals surface area contributed by atoms with Crippen LogP contribution >= 0.6 is 30.1 Å². The number of hydrogen-bond donors (Lipinski definition) is 1. The second-order valence-electron chi connectivity index (χ2n) is 3.04. The fourth-order valence-corrected chi connectivity index (χ4v) is 1.86. The number of nitrogen functional groups attached to an aromatic ring is 1. The van der Waals surface area contributed by atoms with E-state index in [1.54, 1.807) is 0 Å². The summed E-state index contributed by atoms with van der Waals surface area (Å²) >= 11 is 2.15. The highest BCUT2D eigenvalue weighted by molar-refractivity contribution is 14.2. The van der Waals surface area contributed by atoms with E-state index in [9.17, 15) is 0 Å². The summed E-state index contributed by atoms with van der Waals surface area (Å²) in [5.74, 6) is 3.56. The summed E-state index contributed by atoms with van der Waals surface area (Å²) in [5, 5.41) is 2.94. The SMILES string of the molecule is Cn1c(N)nc2cc(C#CSI)ccc21. The van der Waals surface area contributed by atoms with Gasteiger partial charge >= 0.3 is 0 Å². The number of fused-ring (bicyclic) bond motifs is 1. The van der Waals surface area contributed by atoms with Gasteiger partial charge in [0.1, 0.15) is 0 Å². The van der Waals surface area contributed by atoms with E-state index in [2.05, 4.69) is 37.4 Å².